The van der Waals surface area contributed by atoms with E-state index in [9.17, 15) is 18.0 Å². The number of para-hydroxylation sites is 1. The number of amides is 1. The molecule has 1 spiro atoms. The predicted molar refractivity (Wildman–Crippen MR) is 110 cm³/mol. The van der Waals surface area contributed by atoms with Gasteiger partial charge in [-0.05, 0) is 51.3 Å². The van der Waals surface area contributed by atoms with Crippen LogP contribution in [0.25, 0.3) is 10.9 Å². The number of H-pyrrole nitrogens is 1. The van der Waals surface area contributed by atoms with Crippen molar-refractivity contribution in [3.05, 3.63) is 30.0 Å². The number of halogens is 3. The maximum absolute atomic E-state index is 12.7. The molecule has 1 aromatic carbocycles. The first-order valence-corrected chi connectivity index (χ1v) is 10.6. The normalized spacial score (nSPS) is 20.4. The van der Waals surface area contributed by atoms with Crippen LogP contribution in [0.15, 0.2) is 24.3 Å². The summed E-state index contributed by atoms with van der Waals surface area (Å²) in [7, 11) is 1.65. The van der Waals surface area contributed by atoms with Crippen LogP contribution in [0.4, 0.5) is 18.0 Å². The third-order valence-electron chi connectivity index (χ3n) is 6.69. The lowest BCUT2D eigenvalue weighted by Crippen LogP contribution is -2.53. The molecule has 9 heteroatoms. The molecule has 2 fully saturated rings. The molecule has 2 saturated heterocycles. The fourth-order valence-corrected chi connectivity index (χ4v) is 4.85. The van der Waals surface area contributed by atoms with E-state index in [0.717, 1.165) is 68.0 Å². The monoisotopic (exact) mass is 439 g/mol. The largest absolute Gasteiger partial charge is 0.495 e. The number of fused-ring (bicyclic) bond motifs is 1. The number of hydrogen-bond donors (Lipinski definition) is 1. The van der Waals surface area contributed by atoms with Crippen molar-refractivity contribution in [1.82, 2.24) is 14.8 Å². The van der Waals surface area contributed by atoms with Crippen molar-refractivity contribution in [2.45, 2.75) is 57.0 Å². The van der Waals surface area contributed by atoms with Gasteiger partial charge in [0.15, 0.2) is 6.10 Å². The van der Waals surface area contributed by atoms with Crippen molar-refractivity contribution in [1.29, 1.82) is 0 Å². The van der Waals surface area contributed by atoms with E-state index < -0.39 is 18.4 Å². The van der Waals surface area contributed by atoms with Crippen LogP contribution in [0.3, 0.4) is 0 Å². The van der Waals surface area contributed by atoms with Crippen molar-refractivity contribution >= 4 is 17.0 Å². The SMILES string of the molecule is COc1cccc2cc(CN3CCCC34CCN(C(=O)OC(C)C(F)(F)F)CC4)[nH]c12. The van der Waals surface area contributed by atoms with Crippen LogP contribution in [0, 0.1) is 0 Å². The van der Waals surface area contributed by atoms with Gasteiger partial charge in [0.1, 0.15) is 5.75 Å². The maximum atomic E-state index is 12.7. The zero-order valence-electron chi connectivity index (χ0n) is 17.8. The zero-order chi connectivity index (χ0) is 22.2. The molecule has 2 aliphatic heterocycles. The summed E-state index contributed by atoms with van der Waals surface area (Å²) >= 11 is 0. The Kier molecular flexibility index (Phi) is 5.81. The highest BCUT2D eigenvalue weighted by Crippen LogP contribution is 2.40. The molecule has 0 aliphatic carbocycles. The molecule has 2 aromatic rings. The number of carbonyl (C=O) groups excluding carboxylic acids is 1. The summed E-state index contributed by atoms with van der Waals surface area (Å²) in [5, 5.41) is 1.10. The second-order valence-corrected chi connectivity index (χ2v) is 8.52. The molecule has 0 bridgehead atoms. The summed E-state index contributed by atoms with van der Waals surface area (Å²) in [5.41, 5.74) is 2.04. The Morgan fingerprint density at radius 1 is 1.23 bits per heavy atom. The predicted octanol–water partition coefficient (Wildman–Crippen LogP) is 4.69. The number of aromatic amines is 1. The van der Waals surface area contributed by atoms with Crippen LogP contribution in [0.5, 0.6) is 5.75 Å². The Bertz CT molecular complexity index is 935. The average molecular weight is 439 g/mol. The molecule has 0 radical (unpaired) electrons. The van der Waals surface area contributed by atoms with Crippen molar-refractivity contribution < 1.29 is 27.4 Å². The van der Waals surface area contributed by atoms with E-state index in [1.807, 2.05) is 18.2 Å². The van der Waals surface area contributed by atoms with Gasteiger partial charge in [-0.15, -0.1) is 0 Å². The van der Waals surface area contributed by atoms with E-state index in [-0.39, 0.29) is 5.54 Å². The van der Waals surface area contributed by atoms with E-state index in [4.69, 9.17) is 4.74 Å². The van der Waals surface area contributed by atoms with E-state index >= 15 is 0 Å². The number of rotatable bonds is 4. The van der Waals surface area contributed by atoms with Gasteiger partial charge in [0.25, 0.3) is 0 Å². The van der Waals surface area contributed by atoms with Crippen molar-refractivity contribution in [2.75, 3.05) is 26.7 Å². The third kappa shape index (κ3) is 4.33. The number of alkyl halides is 3. The topological polar surface area (TPSA) is 57.8 Å². The van der Waals surface area contributed by atoms with Gasteiger partial charge < -0.3 is 19.4 Å². The van der Waals surface area contributed by atoms with Crippen molar-refractivity contribution in [2.24, 2.45) is 0 Å². The minimum absolute atomic E-state index is 0.0339. The number of carbonyl (C=O) groups is 1. The van der Waals surface area contributed by atoms with Crippen molar-refractivity contribution in [3.63, 3.8) is 0 Å². The first-order valence-electron chi connectivity index (χ1n) is 10.6. The molecule has 4 rings (SSSR count). The third-order valence-corrected chi connectivity index (χ3v) is 6.69. The number of likely N-dealkylation sites (tertiary alicyclic amines) is 2. The highest BCUT2D eigenvalue weighted by molar-refractivity contribution is 5.86. The van der Waals surface area contributed by atoms with E-state index in [2.05, 4.69) is 20.7 Å². The van der Waals surface area contributed by atoms with Crippen LogP contribution >= 0.6 is 0 Å². The summed E-state index contributed by atoms with van der Waals surface area (Å²) in [5.74, 6) is 0.805. The molecule has 1 atom stereocenters. The molecular weight excluding hydrogens is 411 g/mol. The molecular formula is C22H28F3N3O3. The lowest BCUT2D eigenvalue weighted by molar-refractivity contribution is -0.200. The number of nitrogens with zero attached hydrogens (tertiary/aromatic N) is 2. The first-order chi connectivity index (χ1) is 14.7. The summed E-state index contributed by atoms with van der Waals surface area (Å²) in [6.45, 7) is 3.38. The molecule has 1 unspecified atom stereocenters. The van der Waals surface area contributed by atoms with Crippen LogP contribution in [0.1, 0.15) is 38.3 Å². The van der Waals surface area contributed by atoms with Crippen LogP contribution in [0.2, 0.25) is 0 Å². The van der Waals surface area contributed by atoms with Gasteiger partial charge >= 0.3 is 12.3 Å². The van der Waals surface area contributed by atoms with E-state index in [1.54, 1.807) is 7.11 Å². The van der Waals surface area contributed by atoms with Crippen LogP contribution in [-0.4, -0.2) is 65.4 Å². The van der Waals surface area contributed by atoms with Gasteiger partial charge in [-0.1, -0.05) is 12.1 Å². The van der Waals surface area contributed by atoms with Gasteiger partial charge in [-0.25, -0.2) is 4.79 Å². The molecule has 1 aromatic heterocycles. The number of aromatic nitrogens is 1. The molecule has 2 aliphatic rings. The minimum atomic E-state index is -4.54. The van der Waals surface area contributed by atoms with E-state index in [0.29, 0.717) is 13.1 Å². The van der Waals surface area contributed by atoms with Gasteiger partial charge in [0.2, 0.25) is 0 Å². The van der Waals surface area contributed by atoms with Gasteiger partial charge in [-0.3, -0.25) is 4.90 Å². The Morgan fingerprint density at radius 2 is 1.97 bits per heavy atom. The lowest BCUT2D eigenvalue weighted by atomic mass is 9.85. The lowest BCUT2D eigenvalue weighted by Gasteiger charge is -2.44. The molecule has 1 N–H and O–H groups in total. The van der Waals surface area contributed by atoms with Crippen LogP contribution in [-0.2, 0) is 11.3 Å². The molecule has 170 valence electrons. The number of ether oxygens (including phenoxy) is 2. The summed E-state index contributed by atoms with van der Waals surface area (Å²) in [6.07, 6.45) is -3.97. The van der Waals surface area contributed by atoms with Crippen molar-refractivity contribution in [3.8, 4) is 5.75 Å². The number of benzene rings is 1. The number of piperidine rings is 1. The summed E-state index contributed by atoms with van der Waals surface area (Å²) in [6, 6.07) is 8.07. The first kappa shape index (κ1) is 21.8. The summed E-state index contributed by atoms with van der Waals surface area (Å²) < 4.78 is 48.1. The zero-order valence-corrected chi connectivity index (χ0v) is 17.8. The molecule has 3 heterocycles. The molecule has 6 nitrogen and oxygen atoms in total. The second kappa shape index (κ2) is 8.26. The number of hydrogen-bond acceptors (Lipinski definition) is 4. The Balaban J connectivity index is 1.41. The van der Waals surface area contributed by atoms with Gasteiger partial charge in [0, 0.05) is 36.3 Å². The standard InChI is InChI=1S/C22H28F3N3O3/c1-15(22(23,24)25)31-20(29)27-11-8-21(9-12-27)7-4-10-28(21)14-17-13-16-5-3-6-18(30-2)19(16)26-17/h3,5-6,13,15,26H,4,7-12,14H2,1-2H3. The fraction of sp³-hybridized carbons (Fsp3) is 0.591. The van der Waals surface area contributed by atoms with Gasteiger partial charge in [0.05, 0.1) is 12.6 Å². The Hall–Kier alpha value is -2.42. The number of nitrogens with one attached hydrogen (secondary N) is 1. The average Bonchev–Trinajstić information content (AvgIpc) is 3.31. The van der Waals surface area contributed by atoms with Crippen LogP contribution < -0.4 is 4.74 Å². The van der Waals surface area contributed by atoms with E-state index in [1.165, 1.54) is 4.90 Å². The second-order valence-electron chi connectivity index (χ2n) is 8.52. The summed E-state index contributed by atoms with van der Waals surface area (Å²) in [4.78, 5) is 19.5. The quantitative estimate of drug-likeness (QED) is 0.751. The molecule has 31 heavy (non-hydrogen) atoms. The molecule has 0 saturated carbocycles. The number of methoxy groups -OCH3 is 1. The Morgan fingerprint density at radius 3 is 2.65 bits per heavy atom. The minimum Gasteiger partial charge on any atom is -0.495 e. The smallest absolute Gasteiger partial charge is 0.425 e. The Labute approximate surface area is 179 Å². The highest BCUT2D eigenvalue weighted by atomic mass is 19.4. The fourth-order valence-electron chi connectivity index (χ4n) is 4.85. The maximum Gasteiger partial charge on any atom is 0.425 e. The highest BCUT2D eigenvalue weighted by Gasteiger charge is 2.45. The molecule has 1 amide bonds. The van der Waals surface area contributed by atoms with Gasteiger partial charge in [-0.2, -0.15) is 13.2 Å².